The van der Waals surface area contributed by atoms with Gasteiger partial charge in [0.05, 0.1) is 5.00 Å². The molecule has 1 aromatic carbocycles. The third-order valence-corrected chi connectivity index (χ3v) is 2.78. The van der Waals surface area contributed by atoms with Crippen molar-refractivity contribution in [1.82, 2.24) is 0 Å². The zero-order chi connectivity index (χ0) is 12.5. The maximum absolute atomic E-state index is 12.0. The zero-order valence-corrected chi connectivity index (χ0v) is 9.31. The summed E-state index contributed by atoms with van der Waals surface area (Å²) in [5, 5.41) is 2.39. The van der Waals surface area contributed by atoms with Crippen LogP contribution in [-0.2, 0) is 0 Å². The average molecular weight is 259 g/mol. The summed E-state index contributed by atoms with van der Waals surface area (Å²) in [6, 6.07) is 7.49. The number of nitrogen functional groups attached to an aromatic ring is 1. The highest BCUT2D eigenvalue weighted by atomic mass is 32.1. The van der Waals surface area contributed by atoms with Gasteiger partial charge in [-0.1, -0.05) is 12.1 Å². The number of thiophene rings is 1. The van der Waals surface area contributed by atoms with E-state index < -0.39 is 6.36 Å². The molecule has 0 amide bonds. The average Bonchev–Trinajstić information content (AvgIpc) is 2.63. The lowest BCUT2D eigenvalue weighted by atomic mass is 10.1. The van der Waals surface area contributed by atoms with E-state index >= 15 is 0 Å². The molecule has 90 valence electrons. The molecule has 2 aromatic rings. The van der Waals surface area contributed by atoms with Crippen molar-refractivity contribution in [3.63, 3.8) is 0 Å². The number of halogens is 3. The van der Waals surface area contributed by atoms with Crippen molar-refractivity contribution in [2.75, 3.05) is 5.73 Å². The van der Waals surface area contributed by atoms with Gasteiger partial charge >= 0.3 is 6.36 Å². The fourth-order valence-corrected chi connectivity index (χ4v) is 2.04. The standard InChI is InChI=1S/C11H8F3NOS/c12-11(13,14)16-9-3-1-2-7(4-9)8-5-10(15)17-6-8/h1-6H,15H2. The van der Waals surface area contributed by atoms with Crippen molar-refractivity contribution in [2.24, 2.45) is 0 Å². The van der Waals surface area contributed by atoms with Crippen LogP contribution in [0.15, 0.2) is 35.7 Å². The molecular weight excluding hydrogens is 251 g/mol. The Morgan fingerprint density at radius 2 is 1.88 bits per heavy atom. The molecule has 0 aliphatic rings. The van der Waals surface area contributed by atoms with E-state index in [1.165, 1.54) is 29.5 Å². The van der Waals surface area contributed by atoms with Crippen molar-refractivity contribution >= 4 is 16.3 Å². The second-order valence-electron chi connectivity index (χ2n) is 3.31. The van der Waals surface area contributed by atoms with Gasteiger partial charge in [0, 0.05) is 5.38 Å². The minimum Gasteiger partial charge on any atom is -0.406 e. The number of hydrogen-bond donors (Lipinski definition) is 1. The predicted octanol–water partition coefficient (Wildman–Crippen LogP) is 3.90. The van der Waals surface area contributed by atoms with Crippen LogP contribution in [0.1, 0.15) is 0 Å². The first-order valence-corrected chi connectivity index (χ1v) is 5.52. The highest BCUT2D eigenvalue weighted by Gasteiger charge is 2.31. The monoisotopic (exact) mass is 259 g/mol. The van der Waals surface area contributed by atoms with Gasteiger partial charge in [-0.2, -0.15) is 0 Å². The third-order valence-electron chi connectivity index (χ3n) is 2.02. The van der Waals surface area contributed by atoms with Crippen molar-refractivity contribution < 1.29 is 17.9 Å². The third kappa shape index (κ3) is 3.13. The van der Waals surface area contributed by atoms with Crippen molar-refractivity contribution in [1.29, 1.82) is 0 Å². The number of hydrogen-bond acceptors (Lipinski definition) is 3. The highest BCUT2D eigenvalue weighted by molar-refractivity contribution is 7.14. The molecule has 1 aromatic heterocycles. The van der Waals surface area contributed by atoms with Crippen LogP contribution in [0.4, 0.5) is 18.2 Å². The van der Waals surface area contributed by atoms with Crippen LogP contribution in [0.2, 0.25) is 0 Å². The molecule has 0 fully saturated rings. The van der Waals surface area contributed by atoms with Gasteiger partial charge < -0.3 is 10.5 Å². The Labute approximate surface area is 99.4 Å². The fraction of sp³-hybridized carbons (Fsp3) is 0.0909. The Morgan fingerprint density at radius 3 is 2.47 bits per heavy atom. The first kappa shape index (κ1) is 11.8. The van der Waals surface area contributed by atoms with E-state index in [0.29, 0.717) is 10.6 Å². The molecular formula is C11H8F3NOS. The summed E-state index contributed by atoms with van der Waals surface area (Å²) in [5.74, 6) is -0.236. The molecule has 2 nitrogen and oxygen atoms in total. The fourth-order valence-electron chi connectivity index (χ4n) is 1.38. The van der Waals surface area contributed by atoms with Gasteiger partial charge in [-0.3, -0.25) is 0 Å². The molecule has 1 heterocycles. The Morgan fingerprint density at radius 1 is 1.12 bits per heavy atom. The summed E-state index contributed by atoms with van der Waals surface area (Å²) < 4.78 is 40.0. The molecule has 0 aliphatic heterocycles. The summed E-state index contributed by atoms with van der Waals surface area (Å²) in [5.41, 5.74) is 6.98. The quantitative estimate of drug-likeness (QED) is 0.887. The van der Waals surface area contributed by atoms with Crippen molar-refractivity contribution in [3.05, 3.63) is 35.7 Å². The van der Waals surface area contributed by atoms with Crippen LogP contribution in [-0.4, -0.2) is 6.36 Å². The number of benzene rings is 1. The van der Waals surface area contributed by atoms with Gasteiger partial charge in [0.15, 0.2) is 0 Å². The predicted molar refractivity (Wildman–Crippen MR) is 60.9 cm³/mol. The van der Waals surface area contributed by atoms with Crippen LogP contribution in [0.5, 0.6) is 5.75 Å². The molecule has 0 unspecified atom stereocenters. The summed E-state index contributed by atoms with van der Waals surface area (Å²) in [6.45, 7) is 0. The largest absolute Gasteiger partial charge is 0.573 e. The number of nitrogens with two attached hydrogens (primary N) is 1. The Hall–Kier alpha value is -1.69. The summed E-state index contributed by atoms with van der Waals surface area (Å²) in [7, 11) is 0. The van der Waals surface area contributed by atoms with Crippen LogP contribution in [0, 0.1) is 0 Å². The first-order valence-electron chi connectivity index (χ1n) is 4.64. The summed E-state index contributed by atoms with van der Waals surface area (Å²) in [6.07, 6.45) is -4.67. The molecule has 0 aliphatic carbocycles. The first-order chi connectivity index (χ1) is 7.94. The Kier molecular flexibility index (Phi) is 2.97. The minimum absolute atomic E-state index is 0.236. The van der Waals surface area contributed by atoms with Crippen LogP contribution >= 0.6 is 11.3 Å². The van der Waals surface area contributed by atoms with E-state index in [1.54, 1.807) is 17.5 Å². The topological polar surface area (TPSA) is 35.2 Å². The lowest BCUT2D eigenvalue weighted by molar-refractivity contribution is -0.274. The maximum Gasteiger partial charge on any atom is 0.573 e. The summed E-state index contributed by atoms with van der Waals surface area (Å²) in [4.78, 5) is 0. The van der Waals surface area contributed by atoms with Gasteiger partial charge in [-0.15, -0.1) is 24.5 Å². The molecule has 2 rings (SSSR count). The number of ether oxygens (including phenoxy) is 1. The van der Waals surface area contributed by atoms with E-state index in [1.807, 2.05) is 0 Å². The van der Waals surface area contributed by atoms with Gasteiger partial charge in [-0.05, 0) is 29.3 Å². The van der Waals surface area contributed by atoms with E-state index in [-0.39, 0.29) is 5.75 Å². The van der Waals surface area contributed by atoms with Gasteiger partial charge in [-0.25, -0.2) is 0 Å². The van der Waals surface area contributed by atoms with E-state index in [0.717, 1.165) is 5.56 Å². The maximum atomic E-state index is 12.0. The van der Waals surface area contributed by atoms with Crippen LogP contribution < -0.4 is 10.5 Å². The normalized spacial score (nSPS) is 11.5. The molecule has 6 heteroatoms. The zero-order valence-electron chi connectivity index (χ0n) is 8.49. The SMILES string of the molecule is Nc1cc(-c2cccc(OC(F)(F)F)c2)cs1. The van der Waals surface area contributed by atoms with Crippen LogP contribution in [0.25, 0.3) is 11.1 Å². The minimum atomic E-state index is -4.67. The van der Waals surface area contributed by atoms with E-state index in [9.17, 15) is 13.2 Å². The van der Waals surface area contributed by atoms with Crippen molar-refractivity contribution in [2.45, 2.75) is 6.36 Å². The summed E-state index contributed by atoms with van der Waals surface area (Å²) >= 11 is 1.33. The molecule has 0 radical (unpaired) electrons. The van der Waals surface area contributed by atoms with Crippen LogP contribution in [0.3, 0.4) is 0 Å². The van der Waals surface area contributed by atoms with E-state index in [4.69, 9.17) is 5.73 Å². The molecule has 0 saturated heterocycles. The number of rotatable bonds is 2. The lowest BCUT2D eigenvalue weighted by Crippen LogP contribution is -2.17. The van der Waals surface area contributed by atoms with Gasteiger partial charge in [0.2, 0.25) is 0 Å². The molecule has 0 bridgehead atoms. The highest BCUT2D eigenvalue weighted by Crippen LogP contribution is 2.31. The van der Waals surface area contributed by atoms with E-state index in [2.05, 4.69) is 4.74 Å². The molecule has 0 atom stereocenters. The van der Waals surface area contributed by atoms with Crippen molar-refractivity contribution in [3.8, 4) is 16.9 Å². The molecule has 0 saturated carbocycles. The van der Waals surface area contributed by atoms with Gasteiger partial charge in [0.1, 0.15) is 5.75 Å². The lowest BCUT2D eigenvalue weighted by Gasteiger charge is -2.09. The molecule has 0 spiro atoms. The van der Waals surface area contributed by atoms with Gasteiger partial charge in [0.25, 0.3) is 0 Å². The molecule has 2 N–H and O–H groups in total. The number of anilines is 1. The second kappa shape index (κ2) is 4.29. The molecule has 17 heavy (non-hydrogen) atoms. The number of alkyl halides is 3. The Balaban J connectivity index is 2.29. The second-order valence-corrected chi connectivity index (χ2v) is 4.26. The Bertz CT molecular complexity index is 521. The smallest absolute Gasteiger partial charge is 0.406 e.